The van der Waals surface area contributed by atoms with Crippen LogP contribution in [-0.2, 0) is 6.42 Å². The van der Waals surface area contributed by atoms with E-state index in [4.69, 9.17) is 11.6 Å². The summed E-state index contributed by atoms with van der Waals surface area (Å²) in [5.41, 5.74) is 2.06. The topological polar surface area (TPSA) is 50.7 Å². The molecule has 0 aliphatic rings. The monoisotopic (exact) mass is 276 g/mol. The summed E-state index contributed by atoms with van der Waals surface area (Å²) in [5.74, 6) is 0.779. The van der Waals surface area contributed by atoms with Crippen LogP contribution in [-0.4, -0.2) is 21.5 Å². The Bertz CT molecular complexity index is 544. The van der Waals surface area contributed by atoms with E-state index in [0.29, 0.717) is 5.02 Å². The maximum absolute atomic E-state index is 6.16. The Morgan fingerprint density at radius 2 is 2.16 bits per heavy atom. The summed E-state index contributed by atoms with van der Waals surface area (Å²) >= 11 is 6.16. The van der Waals surface area contributed by atoms with Gasteiger partial charge in [-0.1, -0.05) is 18.5 Å². The summed E-state index contributed by atoms with van der Waals surface area (Å²) in [5, 5.41) is 4.12. The standard InChI is InChI=1S/C14H17ClN4/c1-3-17-14(13-5-7-18-10(2)19-13)8-11-4-6-16-9-12(11)15/h4-7,9,14,17H,3,8H2,1-2H3. The maximum atomic E-state index is 6.16. The zero-order chi connectivity index (χ0) is 13.7. The minimum atomic E-state index is 0.131. The Labute approximate surface area is 118 Å². The summed E-state index contributed by atoms with van der Waals surface area (Å²) in [7, 11) is 0. The summed E-state index contributed by atoms with van der Waals surface area (Å²) in [6, 6.07) is 4.02. The van der Waals surface area contributed by atoms with Crippen molar-refractivity contribution >= 4 is 11.6 Å². The van der Waals surface area contributed by atoms with Crippen LogP contribution in [0, 0.1) is 6.92 Å². The summed E-state index contributed by atoms with van der Waals surface area (Å²) in [6.45, 7) is 4.84. The number of nitrogens with zero attached hydrogens (tertiary/aromatic N) is 3. The quantitative estimate of drug-likeness (QED) is 0.912. The number of aromatic nitrogens is 3. The van der Waals surface area contributed by atoms with Crippen molar-refractivity contribution in [2.75, 3.05) is 6.54 Å². The number of hydrogen-bond donors (Lipinski definition) is 1. The molecule has 5 heteroatoms. The zero-order valence-electron chi connectivity index (χ0n) is 11.1. The first kappa shape index (κ1) is 13.9. The van der Waals surface area contributed by atoms with E-state index in [1.807, 2.05) is 19.1 Å². The van der Waals surface area contributed by atoms with Gasteiger partial charge in [-0.25, -0.2) is 9.97 Å². The fraction of sp³-hybridized carbons (Fsp3) is 0.357. The van der Waals surface area contributed by atoms with E-state index >= 15 is 0 Å². The van der Waals surface area contributed by atoms with Gasteiger partial charge in [0.2, 0.25) is 0 Å². The van der Waals surface area contributed by atoms with Gasteiger partial charge in [0.25, 0.3) is 0 Å². The predicted octanol–water partition coefficient (Wildman–Crippen LogP) is 2.73. The van der Waals surface area contributed by atoms with Gasteiger partial charge in [-0.3, -0.25) is 4.98 Å². The Kier molecular flexibility index (Phi) is 4.82. The molecule has 0 aliphatic carbocycles. The van der Waals surface area contributed by atoms with Crippen LogP contribution in [0.5, 0.6) is 0 Å². The second kappa shape index (κ2) is 6.59. The number of pyridine rings is 1. The van der Waals surface area contributed by atoms with Crippen LogP contribution in [0.3, 0.4) is 0 Å². The highest BCUT2D eigenvalue weighted by Gasteiger charge is 2.14. The molecule has 0 bridgehead atoms. The molecule has 0 aromatic carbocycles. The molecule has 2 heterocycles. The van der Waals surface area contributed by atoms with Crippen molar-refractivity contribution in [1.29, 1.82) is 0 Å². The molecule has 19 heavy (non-hydrogen) atoms. The van der Waals surface area contributed by atoms with Gasteiger partial charge in [0.15, 0.2) is 0 Å². The normalized spacial score (nSPS) is 12.4. The molecule has 1 unspecified atom stereocenters. The van der Waals surface area contributed by atoms with Crippen molar-refractivity contribution < 1.29 is 0 Å². The molecular weight excluding hydrogens is 260 g/mol. The lowest BCUT2D eigenvalue weighted by atomic mass is 10.0. The highest BCUT2D eigenvalue weighted by atomic mass is 35.5. The third kappa shape index (κ3) is 3.72. The zero-order valence-corrected chi connectivity index (χ0v) is 11.9. The van der Waals surface area contributed by atoms with Crippen LogP contribution in [0.2, 0.25) is 5.02 Å². The number of nitrogens with one attached hydrogen (secondary N) is 1. The van der Waals surface area contributed by atoms with Crippen LogP contribution in [0.25, 0.3) is 0 Å². The van der Waals surface area contributed by atoms with Crippen molar-refractivity contribution in [1.82, 2.24) is 20.3 Å². The molecule has 0 radical (unpaired) electrons. The minimum absolute atomic E-state index is 0.131. The summed E-state index contributed by atoms with van der Waals surface area (Å²) in [6.07, 6.45) is 6.00. The molecule has 0 aliphatic heterocycles. The van der Waals surface area contributed by atoms with Crippen LogP contribution in [0.15, 0.2) is 30.7 Å². The van der Waals surface area contributed by atoms with Crippen LogP contribution >= 0.6 is 11.6 Å². The van der Waals surface area contributed by atoms with Crippen LogP contribution < -0.4 is 5.32 Å². The lowest BCUT2D eigenvalue weighted by Gasteiger charge is -2.18. The smallest absolute Gasteiger partial charge is 0.125 e. The molecule has 0 fully saturated rings. The fourth-order valence-corrected chi connectivity index (χ4v) is 2.18. The van der Waals surface area contributed by atoms with Gasteiger partial charge in [-0.05, 0) is 37.6 Å². The lowest BCUT2D eigenvalue weighted by molar-refractivity contribution is 0.534. The van der Waals surface area contributed by atoms with E-state index in [1.54, 1.807) is 18.6 Å². The molecule has 2 aromatic heterocycles. The van der Waals surface area contributed by atoms with E-state index in [-0.39, 0.29) is 6.04 Å². The van der Waals surface area contributed by atoms with Gasteiger partial charge in [-0.2, -0.15) is 0 Å². The number of likely N-dealkylation sites (N-methyl/N-ethyl adjacent to an activating group) is 1. The second-order valence-electron chi connectivity index (χ2n) is 4.31. The van der Waals surface area contributed by atoms with Gasteiger partial charge < -0.3 is 5.32 Å². The maximum Gasteiger partial charge on any atom is 0.125 e. The molecule has 0 saturated carbocycles. The van der Waals surface area contributed by atoms with E-state index in [9.17, 15) is 0 Å². The van der Waals surface area contributed by atoms with Gasteiger partial charge in [0.05, 0.1) is 16.8 Å². The summed E-state index contributed by atoms with van der Waals surface area (Å²) < 4.78 is 0. The Balaban J connectivity index is 2.24. The van der Waals surface area contributed by atoms with E-state index in [2.05, 4.69) is 27.2 Å². The molecule has 100 valence electrons. The first-order valence-corrected chi connectivity index (χ1v) is 6.69. The highest BCUT2D eigenvalue weighted by Crippen LogP contribution is 2.21. The van der Waals surface area contributed by atoms with Gasteiger partial charge in [0, 0.05) is 18.6 Å². The molecule has 2 rings (SSSR count). The van der Waals surface area contributed by atoms with Gasteiger partial charge in [-0.15, -0.1) is 0 Å². The van der Waals surface area contributed by atoms with Crippen molar-refractivity contribution in [3.63, 3.8) is 0 Å². The highest BCUT2D eigenvalue weighted by molar-refractivity contribution is 6.31. The first-order chi connectivity index (χ1) is 9.20. The van der Waals surface area contributed by atoms with Crippen molar-refractivity contribution in [3.8, 4) is 0 Å². The number of hydrogen-bond acceptors (Lipinski definition) is 4. The van der Waals surface area contributed by atoms with Crippen LogP contribution in [0.1, 0.15) is 30.0 Å². The van der Waals surface area contributed by atoms with E-state index < -0.39 is 0 Å². The third-order valence-electron chi connectivity index (χ3n) is 2.89. The van der Waals surface area contributed by atoms with Crippen molar-refractivity contribution in [2.45, 2.75) is 26.3 Å². The number of aryl methyl sites for hydroxylation is 1. The molecule has 1 atom stereocenters. The SMILES string of the molecule is CCNC(Cc1ccncc1Cl)c1ccnc(C)n1. The summed E-state index contributed by atoms with van der Waals surface area (Å²) in [4.78, 5) is 12.6. The Hall–Kier alpha value is -1.52. The lowest BCUT2D eigenvalue weighted by Crippen LogP contribution is -2.24. The average molecular weight is 277 g/mol. The Morgan fingerprint density at radius 1 is 1.32 bits per heavy atom. The molecule has 4 nitrogen and oxygen atoms in total. The molecule has 0 amide bonds. The van der Waals surface area contributed by atoms with Gasteiger partial charge in [0.1, 0.15) is 5.82 Å². The van der Waals surface area contributed by atoms with Crippen molar-refractivity contribution in [2.24, 2.45) is 0 Å². The molecule has 2 aromatic rings. The van der Waals surface area contributed by atoms with Crippen LogP contribution in [0.4, 0.5) is 0 Å². The third-order valence-corrected chi connectivity index (χ3v) is 3.23. The molecule has 0 spiro atoms. The second-order valence-corrected chi connectivity index (χ2v) is 4.72. The first-order valence-electron chi connectivity index (χ1n) is 6.32. The predicted molar refractivity (Wildman–Crippen MR) is 76.1 cm³/mol. The number of halogens is 1. The van der Waals surface area contributed by atoms with Gasteiger partial charge >= 0.3 is 0 Å². The van der Waals surface area contributed by atoms with E-state index in [1.165, 1.54) is 0 Å². The largest absolute Gasteiger partial charge is 0.309 e. The fourth-order valence-electron chi connectivity index (χ4n) is 1.99. The average Bonchev–Trinajstić information content (AvgIpc) is 2.40. The molecular formula is C14H17ClN4. The van der Waals surface area contributed by atoms with Crippen molar-refractivity contribution in [3.05, 3.63) is 52.8 Å². The molecule has 0 saturated heterocycles. The Morgan fingerprint density at radius 3 is 2.84 bits per heavy atom. The van der Waals surface area contributed by atoms with E-state index in [0.717, 1.165) is 30.0 Å². The molecule has 1 N–H and O–H groups in total. The number of rotatable bonds is 5. The minimum Gasteiger partial charge on any atom is -0.309 e.